The van der Waals surface area contributed by atoms with Crippen molar-refractivity contribution in [1.29, 1.82) is 0 Å². The molecule has 0 bridgehead atoms. The lowest BCUT2D eigenvalue weighted by molar-refractivity contribution is -0.161. The largest absolute Gasteiger partial charge is 0.349 e. The molecule has 1 atom stereocenters. The average molecular weight is 296 g/mol. The highest BCUT2D eigenvalue weighted by Gasteiger charge is 2.43. The second-order valence-electron chi connectivity index (χ2n) is 5.39. The number of rotatable bonds is 3. The Hall–Kier alpha value is -1.10. The lowest BCUT2D eigenvalue weighted by atomic mass is 10.2. The Bertz CT molecular complexity index is 482. The highest BCUT2D eigenvalue weighted by atomic mass is 35.5. The van der Waals surface area contributed by atoms with Crippen molar-refractivity contribution in [1.82, 2.24) is 5.32 Å². The molecule has 0 aromatic heterocycles. The fraction of sp³-hybridized carbons (Fsp3) is 0.533. The summed E-state index contributed by atoms with van der Waals surface area (Å²) in [6.07, 6.45) is 4.20. The van der Waals surface area contributed by atoms with Gasteiger partial charge in [-0.2, -0.15) is 0 Å². The van der Waals surface area contributed by atoms with E-state index in [0.29, 0.717) is 23.7 Å². The van der Waals surface area contributed by atoms with E-state index in [0.717, 1.165) is 25.7 Å². The zero-order chi connectivity index (χ0) is 14.0. The van der Waals surface area contributed by atoms with E-state index in [1.54, 1.807) is 24.3 Å². The highest BCUT2D eigenvalue weighted by molar-refractivity contribution is 6.30. The molecule has 2 fully saturated rings. The Morgan fingerprint density at radius 3 is 2.70 bits per heavy atom. The van der Waals surface area contributed by atoms with Crippen LogP contribution in [-0.4, -0.2) is 30.9 Å². The van der Waals surface area contributed by atoms with Crippen molar-refractivity contribution < 1.29 is 14.3 Å². The summed E-state index contributed by atoms with van der Waals surface area (Å²) in [7, 11) is 0. The predicted molar refractivity (Wildman–Crippen MR) is 75.8 cm³/mol. The minimum Gasteiger partial charge on any atom is -0.349 e. The summed E-state index contributed by atoms with van der Waals surface area (Å²) in [4.78, 5) is 12.0. The summed E-state index contributed by atoms with van der Waals surface area (Å²) in [5, 5.41) is 3.50. The number of hydrogen-bond donors (Lipinski definition) is 1. The van der Waals surface area contributed by atoms with Crippen molar-refractivity contribution in [2.45, 2.75) is 37.6 Å². The standard InChI is InChI=1S/C15H18ClNO3/c16-12-5-3-11(4-6-12)14(18)17-9-13-10-19-15(20-13)7-1-2-8-15/h3-6,13H,1-2,7-10H2,(H,17,18)/t13-/m1/s1. The van der Waals surface area contributed by atoms with Crippen LogP contribution in [0.3, 0.4) is 0 Å². The van der Waals surface area contributed by atoms with E-state index in [-0.39, 0.29) is 17.8 Å². The molecule has 1 spiro atoms. The van der Waals surface area contributed by atoms with E-state index in [1.807, 2.05) is 0 Å². The molecule has 4 nitrogen and oxygen atoms in total. The summed E-state index contributed by atoms with van der Waals surface area (Å²) in [6.45, 7) is 1.03. The number of nitrogens with one attached hydrogen (secondary N) is 1. The molecule has 108 valence electrons. The molecule has 1 aromatic rings. The summed E-state index contributed by atoms with van der Waals surface area (Å²) >= 11 is 5.80. The van der Waals surface area contributed by atoms with Gasteiger partial charge in [0, 0.05) is 30.0 Å². The molecule has 20 heavy (non-hydrogen) atoms. The summed E-state index contributed by atoms with van der Waals surface area (Å²) in [5.74, 6) is -0.479. The van der Waals surface area contributed by atoms with Gasteiger partial charge in [-0.1, -0.05) is 11.6 Å². The molecular weight excluding hydrogens is 278 g/mol. The van der Waals surface area contributed by atoms with Gasteiger partial charge < -0.3 is 14.8 Å². The molecule has 2 aliphatic rings. The Morgan fingerprint density at radius 2 is 2.00 bits per heavy atom. The Morgan fingerprint density at radius 1 is 1.30 bits per heavy atom. The number of benzene rings is 1. The zero-order valence-electron chi connectivity index (χ0n) is 11.2. The third-order valence-electron chi connectivity index (χ3n) is 3.88. The number of carbonyl (C=O) groups is 1. The molecule has 1 aliphatic carbocycles. The van der Waals surface area contributed by atoms with Crippen LogP contribution in [0.5, 0.6) is 0 Å². The van der Waals surface area contributed by atoms with Gasteiger partial charge in [0.25, 0.3) is 5.91 Å². The number of ether oxygens (including phenoxy) is 2. The SMILES string of the molecule is O=C(NC[C@@H]1COC2(CCCC2)O1)c1ccc(Cl)cc1. The van der Waals surface area contributed by atoms with Crippen LogP contribution in [0, 0.1) is 0 Å². The maximum atomic E-state index is 12.0. The van der Waals surface area contributed by atoms with Crippen molar-refractivity contribution in [3.63, 3.8) is 0 Å². The third kappa shape index (κ3) is 2.97. The first-order valence-electron chi connectivity index (χ1n) is 7.02. The van der Waals surface area contributed by atoms with Crippen molar-refractivity contribution in [3.05, 3.63) is 34.9 Å². The molecule has 1 N–H and O–H groups in total. The first-order chi connectivity index (χ1) is 9.67. The van der Waals surface area contributed by atoms with Gasteiger partial charge >= 0.3 is 0 Å². The quantitative estimate of drug-likeness (QED) is 0.933. The van der Waals surface area contributed by atoms with Gasteiger partial charge in [-0.25, -0.2) is 0 Å². The summed E-state index contributed by atoms with van der Waals surface area (Å²) in [6, 6.07) is 6.84. The second-order valence-corrected chi connectivity index (χ2v) is 5.82. The molecule has 5 heteroatoms. The van der Waals surface area contributed by atoms with Crippen molar-refractivity contribution in [3.8, 4) is 0 Å². The minimum absolute atomic E-state index is 0.0515. The molecule has 1 amide bonds. The number of carbonyl (C=O) groups excluding carboxylic acids is 1. The van der Waals surface area contributed by atoms with Crippen LogP contribution in [-0.2, 0) is 9.47 Å². The topological polar surface area (TPSA) is 47.6 Å². The van der Waals surface area contributed by atoms with Crippen molar-refractivity contribution >= 4 is 17.5 Å². The Kier molecular flexibility index (Phi) is 3.96. The monoisotopic (exact) mass is 295 g/mol. The van der Waals surface area contributed by atoms with E-state index in [2.05, 4.69) is 5.32 Å². The van der Waals surface area contributed by atoms with Crippen LogP contribution < -0.4 is 5.32 Å². The number of hydrogen-bond acceptors (Lipinski definition) is 3. The fourth-order valence-electron chi connectivity index (χ4n) is 2.80. The van der Waals surface area contributed by atoms with Crippen LogP contribution in [0.15, 0.2) is 24.3 Å². The van der Waals surface area contributed by atoms with Gasteiger partial charge in [0.2, 0.25) is 0 Å². The Balaban J connectivity index is 1.50. The zero-order valence-corrected chi connectivity index (χ0v) is 12.0. The molecule has 1 aliphatic heterocycles. The van der Waals surface area contributed by atoms with Gasteiger partial charge in [0.1, 0.15) is 6.10 Å². The predicted octanol–water partition coefficient (Wildman–Crippen LogP) is 2.76. The van der Waals surface area contributed by atoms with Crippen molar-refractivity contribution in [2.24, 2.45) is 0 Å². The molecule has 1 saturated carbocycles. The van der Waals surface area contributed by atoms with Gasteiger partial charge in [0.15, 0.2) is 5.79 Å². The van der Waals surface area contributed by atoms with Crippen LogP contribution in [0.4, 0.5) is 0 Å². The first-order valence-corrected chi connectivity index (χ1v) is 7.40. The lowest BCUT2D eigenvalue weighted by Gasteiger charge is -2.21. The fourth-order valence-corrected chi connectivity index (χ4v) is 2.93. The smallest absolute Gasteiger partial charge is 0.251 e. The second kappa shape index (κ2) is 5.72. The van der Waals surface area contributed by atoms with Gasteiger partial charge in [-0.05, 0) is 37.1 Å². The molecule has 0 unspecified atom stereocenters. The van der Waals surface area contributed by atoms with E-state index in [9.17, 15) is 4.79 Å². The van der Waals surface area contributed by atoms with Crippen LogP contribution in [0.2, 0.25) is 5.02 Å². The maximum absolute atomic E-state index is 12.0. The Labute approximate surface area is 123 Å². The van der Waals surface area contributed by atoms with E-state index in [1.165, 1.54) is 0 Å². The molecule has 1 saturated heterocycles. The molecule has 1 heterocycles. The van der Waals surface area contributed by atoms with E-state index < -0.39 is 0 Å². The van der Waals surface area contributed by atoms with Gasteiger partial charge in [-0.3, -0.25) is 4.79 Å². The summed E-state index contributed by atoms with van der Waals surface area (Å²) in [5.41, 5.74) is 0.601. The molecule has 3 rings (SSSR count). The van der Waals surface area contributed by atoms with Crippen molar-refractivity contribution in [2.75, 3.05) is 13.2 Å². The molecule has 0 radical (unpaired) electrons. The highest BCUT2D eigenvalue weighted by Crippen LogP contribution is 2.38. The molecule has 1 aromatic carbocycles. The first kappa shape index (κ1) is 13.9. The van der Waals surface area contributed by atoms with E-state index in [4.69, 9.17) is 21.1 Å². The maximum Gasteiger partial charge on any atom is 0.251 e. The molecular formula is C15H18ClNO3. The van der Waals surface area contributed by atoms with Crippen LogP contribution in [0.25, 0.3) is 0 Å². The van der Waals surface area contributed by atoms with Crippen LogP contribution >= 0.6 is 11.6 Å². The number of halogens is 1. The number of amides is 1. The van der Waals surface area contributed by atoms with Crippen LogP contribution in [0.1, 0.15) is 36.0 Å². The van der Waals surface area contributed by atoms with E-state index >= 15 is 0 Å². The minimum atomic E-state index is -0.365. The normalized spacial score (nSPS) is 24.1. The average Bonchev–Trinajstić information content (AvgIpc) is 3.08. The third-order valence-corrected chi connectivity index (χ3v) is 4.13. The van der Waals surface area contributed by atoms with Gasteiger partial charge in [-0.15, -0.1) is 0 Å². The lowest BCUT2D eigenvalue weighted by Crippen LogP contribution is -2.35. The van der Waals surface area contributed by atoms with Gasteiger partial charge in [0.05, 0.1) is 6.61 Å². The summed E-state index contributed by atoms with van der Waals surface area (Å²) < 4.78 is 11.7.